The van der Waals surface area contributed by atoms with Crippen LogP contribution in [0.4, 0.5) is 4.39 Å². The number of benzene rings is 1. The van der Waals surface area contributed by atoms with E-state index >= 15 is 4.39 Å². The Bertz CT molecular complexity index is 1140. The number of aliphatic hydroxyl groups excluding tert-OH is 2. The number of carbonyl (C=O) groups excluding carboxylic acids is 2. The molecule has 1 aromatic rings. The summed E-state index contributed by atoms with van der Waals surface area (Å²) >= 11 is 0. The monoisotopic (exact) mass is 443 g/mol. The van der Waals surface area contributed by atoms with Gasteiger partial charge in [0.15, 0.2) is 11.4 Å². The number of aromatic hydroxyl groups is 1. The molecule has 2 unspecified atom stereocenters. The van der Waals surface area contributed by atoms with Gasteiger partial charge in [0.2, 0.25) is 5.78 Å². The highest BCUT2D eigenvalue weighted by Crippen LogP contribution is 2.52. The second-order valence-corrected chi connectivity index (χ2v) is 9.59. The molecule has 0 aromatic heterocycles. The Hall–Kier alpha value is -2.71. The summed E-state index contributed by atoms with van der Waals surface area (Å²) in [4.78, 5) is 28.2. The Morgan fingerprint density at radius 3 is 2.56 bits per heavy atom. The lowest BCUT2D eigenvalue weighted by Gasteiger charge is -2.45. The molecule has 170 valence electrons. The molecule has 3 aliphatic carbocycles. The molecule has 32 heavy (non-hydrogen) atoms. The molecule has 0 amide bonds. The molecular formula is C24H26FNO6. The standard InChI is InChI=1S/C24H26FNO6/c1-10-16(27)8-12-6-11-7-14-19(21(29)18(11)23(31)24(12,32)22(10)30)17(28)9-13(20(14)25)15-4-3-5-26(15)2/h9,11-12,15,27-28,31-32H,3-8H2,1-2H3/t11?,12-,15?,24+/m0/s1. The number of hydrogen-bond donors (Lipinski definition) is 4. The van der Waals surface area contributed by atoms with Gasteiger partial charge in [-0.15, -0.1) is 0 Å². The van der Waals surface area contributed by atoms with E-state index in [4.69, 9.17) is 0 Å². The Morgan fingerprint density at radius 1 is 1.19 bits per heavy atom. The van der Waals surface area contributed by atoms with E-state index < -0.39 is 40.6 Å². The van der Waals surface area contributed by atoms with E-state index in [0.717, 1.165) is 19.4 Å². The van der Waals surface area contributed by atoms with Crippen molar-refractivity contribution in [3.8, 4) is 5.75 Å². The first-order valence-electron chi connectivity index (χ1n) is 11.0. The fraction of sp³-hybridized carbons (Fsp3) is 0.500. The summed E-state index contributed by atoms with van der Waals surface area (Å²) in [5.74, 6) is -4.87. The fourth-order valence-corrected chi connectivity index (χ4v) is 6.12. The largest absolute Gasteiger partial charge is 0.512 e. The van der Waals surface area contributed by atoms with Gasteiger partial charge in [-0.05, 0) is 58.2 Å². The van der Waals surface area contributed by atoms with Crippen LogP contribution in [0.15, 0.2) is 28.7 Å². The number of halogens is 1. The zero-order chi connectivity index (χ0) is 23.1. The van der Waals surface area contributed by atoms with Crippen molar-refractivity contribution in [2.24, 2.45) is 11.8 Å². The van der Waals surface area contributed by atoms with Crippen molar-refractivity contribution in [2.45, 2.75) is 50.7 Å². The number of phenols is 1. The first-order chi connectivity index (χ1) is 15.1. The lowest BCUT2D eigenvalue weighted by Crippen LogP contribution is -2.55. The minimum Gasteiger partial charge on any atom is -0.512 e. The first-order valence-corrected chi connectivity index (χ1v) is 11.0. The molecule has 4 N–H and O–H groups in total. The molecule has 4 atom stereocenters. The Balaban J connectivity index is 1.65. The summed E-state index contributed by atoms with van der Waals surface area (Å²) in [5.41, 5.74) is -2.28. The predicted octanol–water partition coefficient (Wildman–Crippen LogP) is 3.02. The molecule has 0 bridgehead atoms. The van der Waals surface area contributed by atoms with Crippen molar-refractivity contribution in [2.75, 3.05) is 13.6 Å². The van der Waals surface area contributed by atoms with E-state index in [-0.39, 0.29) is 59.1 Å². The van der Waals surface area contributed by atoms with Gasteiger partial charge in [0, 0.05) is 40.7 Å². The van der Waals surface area contributed by atoms with Crippen LogP contribution in [0.1, 0.15) is 60.1 Å². The van der Waals surface area contributed by atoms with Gasteiger partial charge < -0.3 is 20.4 Å². The maximum Gasteiger partial charge on any atom is 0.201 e. The van der Waals surface area contributed by atoms with Gasteiger partial charge >= 0.3 is 0 Å². The van der Waals surface area contributed by atoms with Gasteiger partial charge in [0.1, 0.15) is 17.3 Å². The maximum absolute atomic E-state index is 15.7. The number of likely N-dealkylation sites (tertiary alicyclic amines) is 1. The van der Waals surface area contributed by atoms with Crippen LogP contribution in [0, 0.1) is 17.7 Å². The van der Waals surface area contributed by atoms with Crippen molar-refractivity contribution >= 4 is 11.6 Å². The molecule has 1 fully saturated rings. The third kappa shape index (κ3) is 2.59. The van der Waals surface area contributed by atoms with Crippen molar-refractivity contribution in [1.82, 2.24) is 4.90 Å². The number of allylic oxidation sites excluding steroid dienone is 2. The second-order valence-electron chi connectivity index (χ2n) is 9.59. The number of nitrogens with zero attached hydrogens (tertiary/aromatic N) is 1. The molecule has 8 heteroatoms. The minimum atomic E-state index is -2.31. The third-order valence-corrected chi connectivity index (χ3v) is 7.91. The Labute approximate surface area is 184 Å². The van der Waals surface area contributed by atoms with Crippen LogP contribution in [-0.2, 0) is 11.2 Å². The second kappa shape index (κ2) is 6.89. The first kappa shape index (κ1) is 21.2. The summed E-state index contributed by atoms with van der Waals surface area (Å²) in [5, 5.41) is 43.0. The Morgan fingerprint density at radius 2 is 1.91 bits per heavy atom. The maximum atomic E-state index is 15.7. The highest BCUT2D eigenvalue weighted by molar-refractivity contribution is 6.15. The normalized spacial score (nSPS) is 32.8. The lowest BCUT2D eigenvalue weighted by molar-refractivity contribution is -0.142. The fourth-order valence-electron chi connectivity index (χ4n) is 6.12. The number of Topliss-reactive ketones (excluding diaryl/α,β-unsaturated/α-hetero) is 2. The van der Waals surface area contributed by atoms with Gasteiger partial charge in [0.25, 0.3) is 0 Å². The molecule has 1 heterocycles. The number of phenolic OH excluding ortho intramolecular Hbond substituents is 1. The van der Waals surface area contributed by atoms with Crippen LogP contribution in [0.25, 0.3) is 0 Å². The van der Waals surface area contributed by atoms with Crippen molar-refractivity contribution in [3.05, 3.63) is 51.2 Å². The van der Waals surface area contributed by atoms with Gasteiger partial charge in [-0.3, -0.25) is 14.5 Å². The summed E-state index contributed by atoms with van der Waals surface area (Å²) in [6, 6.07) is 1.09. The highest BCUT2D eigenvalue weighted by atomic mass is 19.1. The smallest absolute Gasteiger partial charge is 0.201 e. The average Bonchev–Trinajstić information content (AvgIpc) is 3.17. The van der Waals surface area contributed by atoms with Crippen LogP contribution in [0.3, 0.4) is 0 Å². The van der Waals surface area contributed by atoms with E-state index in [0.29, 0.717) is 5.56 Å². The van der Waals surface area contributed by atoms with Crippen molar-refractivity contribution in [3.63, 3.8) is 0 Å². The van der Waals surface area contributed by atoms with Crippen LogP contribution in [-0.4, -0.2) is 56.1 Å². The molecule has 5 rings (SSSR count). The number of fused-ring (bicyclic) bond motifs is 3. The van der Waals surface area contributed by atoms with Crippen LogP contribution in [0.5, 0.6) is 5.75 Å². The quantitative estimate of drug-likeness (QED) is 0.527. The number of ketones is 2. The molecule has 0 saturated carbocycles. The predicted molar refractivity (Wildman–Crippen MR) is 112 cm³/mol. The van der Waals surface area contributed by atoms with E-state index in [2.05, 4.69) is 0 Å². The van der Waals surface area contributed by atoms with Gasteiger partial charge in [-0.2, -0.15) is 0 Å². The average molecular weight is 443 g/mol. The van der Waals surface area contributed by atoms with E-state index in [9.17, 15) is 30.0 Å². The number of hydrogen-bond acceptors (Lipinski definition) is 7. The van der Waals surface area contributed by atoms with E-state index in [1.165, 1.54) is 13.0 Å². The molecule has 1 saturated heterocycles. The zero-order valence-electron chi connectivity index (χ0n) is 18.0. The summed E-state index contributed by atoms with van der Waals surface area (Å²) in [6.45, 7) is 2.17. The van der Waals surface area contributed by atoms with Crippen LogP contribution in [0.2, 0.25) is 0 Å². The third-order valence-electron chi connectivity index (χ3n) is 7.91. The molecule has 7 nitrogen and oxygen atoms in total. The molecule has 4 aliphatic rings. The minimum absolute atomic E-state index is 0.0242. The molecule has 0 radical (unpaired) electrons. The number of aliphatic hydroxyl groups is 3. The summed E-state index contributed by atoms with van der Waals surface area (Å²) in [7, 11) is 1.89. The van der Waals surface area contributed by atoms with Crippen LogP contribution < -0.4 is 0 Å². The number of rotatable bonds is 1. The lowest BCUT2D eigenvalue weighted by atomic mass is 9.60. The summed E-state index contributed by atoms with van der Waals surface area (Å²) in [6.07, 6.45) is 1.80. The van der Waals surface area contributed by atoms with Gasteiger partial charge in [-0.25, -0.2) is 4.39 Å². The Kier molecular flexibility index (Phi) is 4.56. The topological polar surface area (TPSA) is 118 Å². The van der Waals surface area contributed by atoms with Crippen molar-refractivity contribution < 1.29 is 34.4 Å². The van der Waals surface area contributed by atoms with Crippen molar-refractivity contribution in [1.29, 1.82) is 0 Å². The zero-order valence-corrected chi connectivity index (χ0v) is 18.0. The van der Waals surface area contributed by atoms with Gasteiger partial charge in [-0.1, -0.05) is 0 Å². The van der Waals surface area contributed by atoms with E-state index in [1.54, 1.807) is 0 Å². The SMILES string of the molecule is CC1=C(O)C[C@@H]2CC3Cc4c(F)c(C5CCCN5C)cc(O)c4C(=O)C3=C(O)[C@]2(O)C1=O. The molecule has 1 aliphatic heterocycles. The number of carbonyl (C=O) groups is 2. The molecule has 1 aromatic carbocycles. The summed E-state index contributed by atoms with van der Waals surface area (Å²) < 4.78 is 15.7. The van der Waals surface area contributed by atoms with Gasteiger partial charge in [0.05, 0.1) is 11.3 Å². The molecule has 0 spiro atoms. The van der Waals surface area contributed by atoms with E-state index in [1.807, 2.05) is 11.9 Å². The van der Waals surface area contributed by atoms with Crippen LogP contribution >= 0.6 is 0 Å². The molecular weight excluding hydrogens is 417 g/mol. The highest BCUT2D eigenvalue weighted by Gasteiger charge is 2.58.